The van der Waals surface area contributed by atoms with Crippen molar-refractivity contribution in [2.75, 3.05) is 43.2 Å². The number of hydrogen-bond acceptors (Lipinski definition) is 6. The van der Waals surface area contributed by atoms with Gasteiger partial charge in [0.05, 0.1) is 20.3 Å². The first kappa shape index (κ1) is 29.3. The van der Waals surface area contributed by atoms with Crippen LogP contribution < -0.4 is 9.64 Å². The zero-order valence-corrected chi connectivity index (χ0v) is 23.7. The van der Waals surface area contributed by atoms with Crippen LogP contribution in [0.5, 0.6) is 5.75 Å². The summed E-state index contributed by atoms with van der Waals surface area (Å²) in [5.74, 6) is 1.71. The molecule has 12 heteroatoms. The topological polar surface area (TPSA) is 83.8 Å². The first-order valence-corrected chi connectivity index (χ1v) is 14.8. The highest BCUT2D eigenvalue weighted by Crippen LogP contribution is 2.32. The van der Waals surface area contributed by atoms with Crippen molar-refractivity contribution in [2.24, 2.45) is 10.2 Å². The molecule has 5 rings (SSSR count). The van der Waals surface area contributed by atoms with Crippen molar-refractivity contribution in [3.05, 3.63) is 83.4 Å². The van der Waals surface area contributed by atoms with Gasteiger partial charge in [-0.05, 0) is 58.7 Å². The van der Waals surface area contributed by atoms with E-state index in [0.29, 0.717) is 42.5 Å². The smallest absolute Gasteiger partial charge is 0.428 e. The molecule has 0 aliphatic carbocycles. The summed E-state index contributed by atoms with van der Waals surface area (Å²) in [4.78, 5) is 17.1. The fourth-order valence-corrected chi connectivity index (χ4v) is 5.82. The van der Waals surface area contributed by atoms with Crippen LogP contribution in [0.15, 0.2) is 76.9 Å². The van der Waals surface area contributed by atoms with Gasteiger partial charge in [-0.3, -0.25) is 9.11 Å². The molecule has 3 aromatic rings. The van der Waals surface area contributed by atoms with Crippen molar-refractivity contribution < 1.29 is 31.6 Å². The van der Waals surface area contributed by atoms with E-state index in [1.54, 1.807) is 34.1 Å². The average molecular weight is 599 g/mol. The molecule has 0 unspecified atom stereocenters. The fourth-order valence-electron chi connectivity index (χ4n) is 4.77. The van der Waals surface area contributed by atoms with Gasteiger partial charge >= 0.3 is 12.2 Å². The van der Waals surface area contributed by atoms with Crippen LogP contribution in [0.2, 0.25) is 0 Å². The highest BCUT2D eigenvalue weighted by Gasteiger charge is 2.27. The Hall–Kier alpha value is -4.19. The van der Waals surface area contributed by atoms with E-state index in [1.165, 1.54) is 12.7 Å². The second-order valence-electron chi connectivity index (χ2n) is 9.76. The second-order valence-corrected chi connectivity index (χ2v) is 11.5. The minimum absolute atomic E-state index is 0.0787. The molecule has 1 fully saturated rings. The van der Waals surface area contributed by atoms with Crippen LogP contribution in [-0.4, -0.2) is 71.7 Å². The molecule has 0 aromatic heterocycles. The minimum atomic E-state index is -4.58. The third kappa shape index (κ3) is 7.17. The van der Waals surface area contributed by atoms with Gasteiger partial charge in [-0.2, -0.15) is 18.3 Å². The zero-order chi connectivity index (χ0) is 29.7. The first-order valence-electron chi connectivity index (χ1n) is 13.3. The molecule has 8 nitrogen and oxygen atoms in total. The largest absolute Gasteiger partial charge is 0.493 e. The number of amides is 2. The summed E-state index contributed by atoms with van der Waals surface area (Å²) in [6.07, 6.45) is -3.93. The summed E-state index contributed by atoms with van der Waals surface area (Å²) in [7, 11) is 0.364. The number of anilines is 1. The van der Waals surface area contributed by atoms with Crippen LogP contribution in [0.4, 0.5) is 23.7 Å². The predicted octanol–water partition coefficient (Wildman–Crippen LogP) is 5.42. The first-order chi connectivity index (χ1) is 20.2. The van der Waals surface area contributed by atoms with Crippen LogP contribution in [-0.2, 0) is 28.5 Å². The fraction of sp³-hybridized carbons (Fsp3) is 0.300. The molecular formula is C30H29F3N4O4S. The Balaban J connectivity index is 1.38. The van der Waals surface area contributed by atoms with Crippen molar-refractivity contribution in [1.82, 2.24) is 4.90 Å². The quantitative estimate of drug-likeness (QED) is 0.216. The number of urea groups is 1. The third-order valence-corrected chi connectivity index (χ3v) is 8.24. The van der Waals surface area contributed by atoms with Crippen molar-refractivity contribution in [3.8, 4) is 16.9 Å². The SMILES string of the molecule is CO/C(=N\N=C\C(F)(F)F)c1ccc(CN(C(=O)N2CCS(=O)CC2)c2ccc(-c3ccc4c(c3)CCO4)cc2)cc1. The maximum atomic E-state index is 13.7. The summed E-state index contributed by atoms with van der Waals surface area (Å²) in [6.45, 7) is 1.73. The van der Waals surface area contributed by atoms with Crippen LogP contribution in [0.3, 0.4) is 0 Å². The Morgan fingerprint density at radius 3 is 2.40 bits per heavy atom. The van der Waals surface area contributed by atoms with Gasteiger partial charge in [0.2, 0.25) is 5.90 Å². The lowest BCUT2D eigenvalue weighted by molar-refractivity contribution is -0.0537. The molecule has 0 spiro atoms. The number of carbonyl (C=O) groups excluding carboxylic acids is 1. The Morgan fingerprint density at radius 1 is 1.05 bits per heavy atom. The Labute approximate surface area is 243 Å². The van der Waals surface area contributed by atoms with Gasteiger partial charge in [0, 0.05) is 53.1 Å². The van der Waals surface area contributed by atoms with Gasteiger partial charge in [0.25, 0.3) is 0 Å². The van der Waals surface area contributed by atoms with Crippen LogP contribution in [0.1, 0.15) is 16.7 Å². The van der Waals surface area contributed by atoms with E-state index in [2.05, 4.69) is 16.3 Å². The standard InChI is InChI=1S/C30H29F3N4O4S/c1-40-28(35-34-20-30(31,32)33)23-4-2-21(3-5-23)19-37(29(38)36-13-16-42(39)17-14-36)26-9-6-22(7-10-26)24-8-11-27-25(18-24)12-15-41-27/h2-11,18,20H,12-17,19H2,1H3/b34-20+,35-28-. The van der Waals surface area contributed by atoms with E-state index < -0.39 is 17.0 Å². The number of nitrogens with zero attached hydrogens (tertiary/aromatic N) is 4. The van der Waals surface area contributed by atoms with Crippen LogP contribution in [0, 0.1) is 0 Å². The van der Waals surface area contributed by atoms with Gasteiger partial charge in [0.1, 0.15) is 12.0 Å². The number of fused-ring (bicyclic) bond motifs is 1. The number of benzene rings is 3. The monoisotopic (exact) mass is 598 g/mol. The number of ether oxygens (including phenoxy) is 2. The zero-order valence-electron chi connectivity index (χ0n) is 22.8. The molecule has 0 saturated carbocycles. The van der Waals surface area contributed by atoms with E-state index in [0.717, 1.165) is 28.9 Å². The van der Waals surface area contributed by atoms with Crippen molar-refractivity contribution in [3.63, 3.8) is 0 Å². The Bertz CT molecular complexity index is 1500. The van der Waals surface area contributed by atoms with Crippen molar-refractivity contribution >= 4 is 34.6 Å². The molecule has 2 amide bonds. The number of carbonyl (C=O) groups is 1. The molecule has 2 heterocycles. The van der Waals surface area contributed by atoms with Gasteiger partial charge < -0.3 is 14.4 Å². The molecule has 2 aliphatic heterocycles. The maximum absolute atomic E-state index is 13.7. The summed E-state index contributed by atoms with van der Waals surface area (Å²) in [5.41, 5.74) is 5.16. The van der Waals surface area contributed by atoms with Gasteiger partial charge in [-0.15, -0.1) is 5.10 Å². The lowest BCUT2D eigenvalue weighted by Crippen LogP contribution is -2.48. The third-order valence-electron chi connectivity index (χ3n) is 6.97. The number of hydrogen-bond donors (Lipinski definition) is 0. The second kappa shape index (κ2) is 12.8. The lowest BCUT2D eigenvalue weighted by atomic mass is 10.0. The van der Waals surface area contributed by atoms with Gasteiger partial charge in [-0.25, -0.2) is 4.79 Å². The molecule has 0 bridgehead atoms. The molecule has 3 aromatic carbocycles. The summed E-state index contributed by atoms with van der Waals surface area (Å²) < 4.78 is 59.8. The Kier molecular flexibility index (Phi) is 8.91. The lowest BCUT2D eigenvalue weighted by Gasteiger charge is -2.33. The molecule has 0 N–H and O–H groups in total. The van der Waals surface area contributed by atoms with Crippen molar-refractivity contribution in [1.29, 1.82) is 0 Å². The van der Waals surface area contributed by atoms with Gasteiger partial charge in [0.15, 0.2) is 0 Å². The van der Waals surface area contributed by atoms with Crippen LogP contribution in [0.25, 0.3) is 11.1 Å². The van der Waals surface area contributed by atoms with Crippen LogP contribution >= 0.6 is 0 Å². The highest BCUT2D eigenvalue weighted by atomic mass is 32.2. The maximum Gasteiger partial charge on any atom is 0.428 e. The molecular weight excluding hydrogens is 569 g/mol. The summed E-state index contributed by atoms with van der Waals surface area (Å²) in [6, 6.07) is 20.5. The van der Waals surface area contributed by atoms with E-state index in [9.17, 15) is 22.2 Å². The molecule has 1 saturated heterocycles. The number of halogens is 3. The average Bonchev–Trinajstić information content (AvgIpc) is 3.46. The number of methoxy groups -OCH3 is 1. The van der Waals surface area contributed by atoms with Crippen molar-refractivity contribution in [2.45, 2.75) is 19.1 Å². The molecule has 0 atom stereocenters. The van der Waals surface area contributed by atoms with Gasteiger partial charge in [-0.1, -0.05) is 30.3 Å². The molecule has 0 radical (unpaired) electrons. The minimum Gasteiger partial charge on any atom is -0.493 e. The normalized spacial score (nSPS) is 15.9. The van der Waals surface area contributed by atoms with E-state index >= 15 is 0 Å². The number of alkyl halides is 3. The summed E-state index contributed by atoms with van der Waals surface area (Å²) >= 11 is 0. The number of rotatable bonds is 6. The molecule has 42 heavy (non-hydrogen) atoms. The Morgan fingerprint density at radius 2 is 1.74 bits per heavy atom. The highest BCUT2D eigenvalue weighted by molar-refractivity contribution is 7.85. The molecule has 220 valence electrons. The predicted molar refractivity (Wildman–Crippen MR) is 157 cm³/mol. The molecule has 2 aliphatic rings. The summed E-state index contributed by atoms with van der Waals surface area (Å²) in [5, 5.41) is 6.58. The van der Waals surface area contributed by atoms with E-state index in [4.69, 9.17) is 9.47 Å². The van der Waals surface area contributed by atoms with E-state index in [-0.39, 0.29) is 24.7 Å². The van der Waals surface area contributed by atoms with E-state index in [1.807, 2.05) is 36.4 Å².